The average molecular weight is 223 g/mol. The van der Waals surface area contributed by atoms with Gasteiger partial charge in [-0.15, -0.1) is 0 Å². The van der Waals surface area contributed by atoms with Gasteiger partial charge < -0.3 is 9.30 Å². The van der Waals surface area contributed by atoms with E-state index in [1.165, 1.54) is 0 Å². The van der Waals surface area contributed by atoms with Gasteiger partial charge in [-0.25, -0.2) is 0 Å². The fourth-order valence-electron chi connectivity index (χ4n) is 1.90. The number of fused-ring (bicyclic) bond motifs is 1. The summed E-state index contributed by atoms with van der Waals surface area (Å²) in [6, 6.07) is 13.0. The number of ether oxygens (including phenoxy) is 1. The highest BCUT2D eigenvalue weighted by Crippen LogP contribution is 2.21. The number of benzene rings is 1. The fraction of sp³-hybridized carbons (Fsp3) is 0.0714. The van der Waals surface area contributed by atoms with E-state index in [4.69, 9.17) is 4.74 Å². The first-order valence-electron chi connectivity index (χ1n) is 5.35. The van der Waals surface area contributed by atoms with Crippen LogP contribution in [0.1, 0.15) is 0 Å². The van der Waals surface area contributed by atoms with Crippen LogP contribution in [-0.2, 0) is 0 Å². The third-order valence-electron chi connectivity index (χ3n) is 2.75. The molecule has 0 atom stereocenters. The lowest BCUT2D eigenvalue weighted by Crippen LogP contribution is -1.94. The molecule has 17 heavy (non-hydrogen) atoms. The van der Waals surface area contributed by atoms with Gasteiger partial charge in [-0.1, -0.05) is 6.07 Å². The van der Waals surface area contributed by atoms with Crippen LogP contribution in [0.5, 0.6) is 5.75 Å². The normalized spacial score (nSPS) is 10.6. The zero-order valence-corrected chi connectivity index (χ0v) is 9.42. The van der Waals surface area contributed by atoms with Crippen molar-refractivity contribution in [2.24, 2.45) is 0 Å². The van der Waals surface area contributed by atoms with E-state index in [1.54, 1.807) is 13.3 Å². The van der Waals surface area contributed by atoms with Gasteiger partial charge in [-0.3, -0.25) is 4.98 Å². The smallest absolute Gasteiger partial charge is 0.139 e. The molecular formula is C14H11N2O. The lowest BCUT2D eigenvalue weighted by Gasteiger charge is -2.06. The molecule has 0 aliphatic rings. The van der Waals surface area contributed by atoms with Crippen LogP contribution in [0.15, 0.2) is 48.9 Å². The number of nitrogens with zero attached hydrogens (tertiary/aromatic N) is 2. The maximum atomic E-state index is 5.18. The molecule has 0 unspecified atom stereocenters. The van der Waals surface area contributed by atoms with Crippen LogP contribution in [0, 0.1) is 6.07 Å². The topological polar surface area (TPSA) is 27.1 Å². The quantitative estimate of drug-likeness (QED) is 0.668. The molecule has 2 heterocycles. The van der Waals surface area contributed by atoms with Gasteiger partial charge in [-0.2, -0.15) is 0 Å². The summed E-state index contributed by atoms with van der Waals surface area (Å²) in [6.45, 7) is 0. The molecular weight excluding hydrogens is 212 g/mol. The van der Waals surface area contributed by atoms with Crippen molar-refractivity contribution in [2.75, 3.05) is 7.11 Å². The minimum atomic E-state index is 0.756. The van der Waals surface area contributed by atoms with Crippen LogP contribution < -0.4 is 4.74 Å². The summed E-state index contributed by atoms with van der Waals surface area (Å²) >= 11 is 0. The van der Waals surface area contributed by atoms with E-state index >= 15 is 0 Å². The van der Waals surface area contributed by atoms with Crippen LogP contribution >= 0.6 is 0 Å². The minimum Gasteiger partial charge on any atom is -0.495 e. The highest BCUT2D eigenvalue weighted by atomic mass is 16.5. The number of aromatic nitrogens is 2. The Hall–Kier alpha value is -2.29. The van der Waals surface area contributed by atoms with Crippen LogP contribution in [0.3, 0.4) is 0 Å². The second kappa shape index (κ2) is 3.94. The third kappa shape index (κ3) is 1.65. The zero-order valence-electron chi connectivity index (χ0n) is 9.42. The summed E-state index contributed by atoms with van der Waals surface area (Å²) < 4.78 is 7.26. The molecule has 3 rings (SSSR count). The van der Waals surface area contributed by atoms with E-state index in [-0.39, 0.29) is 0 Å². The molecule has 0 aliphatic heterocycles. The van der Waals surface area contributed by atoms with Gasteiger partial charge >= 0.3 is 0 Å². The molecule has 0 saturated carbocycles. The monoisotopic (exact) mass is 223 g/mol. The Bertz CT molecular complexity index is 658. The Morgan fingerprint density at radius 1 is 1.29 bits per heavy atom. The first-order chi connectivity index (χ1) is 8.38. The van der Waals surface area contributed by atoms with Crippen molar-refractivity contribution in [2.45, 2.75) is 0 Å². The lowest BCUT2D eigenvalue weighted by atomic mass is 10.2. The Labute approximate surface area is 99.3 Å². The van der Waals surface area contributed by atoms with E-state index in [0.29, 0.717) is 0 Å². The average Bonchev–Trinajstić information content (AvgIpc) is 2.82. The van der Waals surface area contributed by atoms with Gasteiger partial charge in [-0.05, 0) is 24.3 Å². The first kappa shape index (κ1) is 9.90. The summed E-state index contributed by atoms with van der Waals surface area (Å²) in [6.07, 6.45) is 5.54. The van der Waals surface area contributed by atoms with Crippen molar-refractivity contribution >= 4 is 10.9 Å². The van der Waals surface area contributed by atoms with Gasteiger partial charge in [0.2, 0.25) is 0 Å². The molecule has 3 heteroatoms. The molecule has 1 aromatic carbocycles. The van der Waals surface area contributed by atoms with Gasteiger partial charge in [0.1, 0.15) is 5.75 Å². The lowest BCUT2D eigenvalue weighted by molar-refractivity contribution is 0.412. The molecule has 0 saturated heterocycles. The van der Waals surface area contributed by atoms with E-state index in [0.717, 1.165) is 22.3 Å². The Balaban J connectivity index is 2.20. The second-order valence-electron chi connectivity index (χ2n) is 3.75. The molecule has 0 aliphatic carbocycles. The van der Waals surface area contributed by atoms with Crippen LogP contribution in [-0.4, -0.2) is 16.7 Å². The van der Waals surface area contributed by atoms with Crippen molar-refractivity contribution < 1.29 is 4.74 Å². The predicted molar refractivity (Wildman–Crippen MR) is 66.5 cm³/mol. The molecule has 3 aromatic rings. The summed E-state index contributed by atoms with van der Waals surface area (Å²) in [5.74, 6) is 0.756. The maximum Gasteiger partial charge on any atom is 0.139 e. The summed E-state index contributed by atoms with van der Waals surface area (Å²) in [7, 11) is 1.64. The molecule has 0 amide bonds. The number of methoxy groups -OCH3 is 1. The van der Waals surface area contributed by atoms with Crippen molar-refractivity contribution in [3.8, 4) is 11.4 Å². The highest BCUT2D eigenvalue weighted by Gasteiger charge is 2.03. The van der Waals surface area contributed by atoms with Gasteiger partial charge in [0.25, 0.3) is 0 Å². The van der Waals surface area contributed by atoms with Gasteiger partial charge in [0.05, 0.1) is 30.7 Å². The number of rotatable bonds is 2. The molecule has 0 spiro atoms. The summed E-state index contributed by atoms with van der Waals surface area (Å²) in [5.41, 5.74) is 2.13. The molecule has 1 radical (unpaired) electrons. The summed E-state index contributed by atoms with van der Waals surface area (Å²) in [5, 5.41) is 1.16. The molecule has 2 aromatic heterocycles. The largest absolute Gasteiger partial charge is 0.495 e. The molecule has 0 bridgehead atoms. The fourth-order valence-corrected chi connectivity index (χ4v) is 1.90. The third-order valence-corrected chi connectivity index (χ3v) is 2.75. The number of pyridine rings is 1. The Kier molecular flexibility index (Phi) is 2.29. The number of hydrogen-bond donors (Lipinski definition) is 0. The highest BCUT2D eigenvalue weighted by molar-refractivity contribution is 5.81. The zero-order chi connectivity index (χ0) is 11.7. The van der Waals surface area contributed by atoms with Crippen molar-refractivity contribution in [1.82, 2.24) is 9.55 Å². The van der Waals surface area contributed by atoms with Crippen molar-refractivity contribution in [1.29, 1.82) is 0 Å². The van der Waals surface area contributed by atoms with E-state index in [1.807, 2.05) is 36.7 Å². The van der Waals surface area contributed by atoms with Crippen LogP contribution in [0.4, 0.5) is 0 Å². The molecule has 0 fully saturated rings. The molecule has 3 nitrogen and oxygen atoms in total. The van der Waals surface area contributed by atoms with Crippen LogP contribution in [0.2, 0.25) is 0 Å². The van der Waals surface area contributed by atoms with Gasteiger partial charge in [0.15, 0.2) is 0 Å². The second-order valence-corrected chi connectivity index (χ2v) is 3.75. The Morgan fingerprint density at radius 2 is 2.24 bits per heavy atom. The minimum absolute atomic E-state index is 0.756. The number of hydrogen-bond acceptors (Lipinski definition) is 2. The SMILES string of the molecule is COc1cncc(-n2ccc3c[c]ccc32)c1. The van der Waals surface area contributed by atoms with E-state index < -0.39 is 0 Å². The van der Waals surface area contributed by atoms with Crippen molar-refractivity contribution in [3.63, 3.8) is 0 Å². The van der Waals surface area contributed by atoms with Crippen LogP contribution in [0.25, 0.3) is 16.6 Å². The van der Waals surface area contributed by atoms with E-state index in [2.05, 4.69) is 21.7 Å². The van der Waals surface area contributed by atoms with E-state index in [9.17, 15) is 0 Å². The Morgan fingerprint density at radius 3 is 3.12 bits per heavy atom. The first-order valence-corrected chi connectivity index (χ1v) is 5.35. The van der Waals surface area contributed by atoms with Crippen molar-refractivity contribution in [3.05, 3.63) is 55.0 Å². The molecule has 83 valence electrons. The summed E-state index contributed by atoms with van der Waals surface area (Å²) in [4.78, 5) is 4.16. The maximum absolute atomic E-state index is 5.18. The van der Waals surface area contributed by atoms with Gasteiger partial charge in [0, 0.05) is 17.6 Å². The predicted octanol–water partition coefficient (Wildman–Crippen LogP) is 2.83. The standard InChI is InChI=1S/C14H11N2O/c1-17-13-8-12(9-15-10-13)16-7-6-11-4-2-3-5-14(11)16/h3-10H,1H3. The molecule has 0 N–H and O–H groups in total.